The van der Waals surface area contributed by atoms with Crippen LogP contribution in [0.5, 0.6) is 11.5 Å². The summed E-state index contributed by atoms with van der Waals surface area (Å²) in [6.07, 6.45) is 4.25. The molecule has 1 fully saturated rings. The summed E-state index contributed by atoms with van der Waals surface area (Å²) < 4.78 is 23.4. The smallest absolute Gasteiger partial charge is 0.255 e. The van der Waals surface area contributed by atoms with E-state index in [-0.39, 0.29) is 12.5 Å². The van der Waals surface area contributed by atoms with Gasteiger partial charge in [0.25, 0.3) is 5.91 Å². The van der Waals surface area contributed by atoms with Crippen molar-refractivity contribution in [2.24, 2.45) is 4.99 Å². The van der Waals surface area contributed by atoms with Gasteiger partial charge in [0.05, 0.1) is 26.9 Å². The van der Waals surface area contributed by atoms with Gasteiger partial charge in [-0.3, -0.25) is 4.79 Å². The molecule has 0 unspecified atom stereocenters. The number of aliphatic hydroxyl groups excluding tert-OH is 1. The zero-order chi connectivity index (χ0) is 28.5. The molecule has 0 spiro atoms. The number of aliphatic imine (C=N–C) groups is 1. The zero-order valence-electron chi connectivity index (χ0n) is 23.3. The molecule has 2 heterocycles. The first-order valence-electron chi connectivity index (χ1n) is 14.0. The number of carbonyl (C=O) groups is 1. The van der Waals surface area contributed by atoms with Crippen molar-refractivity contribution in [3.63, 3.8) is 0 Å². The van der Waals surface area contributed by atoms with Crippen molar-refractivity contribution in [3.8, 4) is 11.5 Å². The summed E-state index contributed by atoms with van der Waals surface area (Å²) in [5.41, 5.74) is 1.36. The van der Waals surface area contributed by atoms with Crippen LogP contribution in [0.15, 0.2) is 89.9 Å². The fraction of sp³-hybridized carbons (Fsp3) is 0.333. The van der Waals surface area contributed by atoms with E-state index in [4.69, 9.17) is 29.0 Å². The van der Waals surface area contributed by atoms with Gasteiger partial charge in [0.1, 0.15) is 11.5 Å². The van der Waals surface area contributed by atoms with E-state index in [9.17, 15) is 4.79 Å². The molecule has 1 saturated heterocycles. The molecule has 0 saturated carbocycles. The molecule has 5 rings (SSSR count). The Hall–Kier alpha value is -4.14. The molecule has 1 amide bonds. The van der Waals surface area contributed by atoms with Crippen molar-refractivity contribution in [1.29, 1.82) is 0 Å². The van der Waals surface area contributed by atoms with Gasteiger partial charge < -0.3 is 29.0 Å². The van der Waals surface area contributed by atoms with Crippen LogP contribution < -0.4 is 9.47 Å². The van der Waals surface area contributed by atoms with E-state index in [0.29, 0.717) is 63.1 Å². The Balaban J connectivity index is 1.55. The largest absolute Gasteiger partial charge is 0.497 e. The molecule has 0 aliphatic carbocycles. The predicted molar refractivity (Wildman–Crippen MR) is 157 cm³/mol. The molecule has 0 bridgehead atoms. The molecule has 2 aliphatic heterocycles. The fourth-order valence-electron chi connectivity index (χ4n) is 5.08. The molecule has 3 aromatic carbocycles. The van der Waals surface area contributed by atoms with Gasteiger partial charge in [-0.1, -0.05) is 54.6 Å². The lowest BCUT2D eigenvalue weighted by molar-refractivity contribution is -0.143. The van der Waals surface area contributed by atoms with Crippen LogP contribution in [-0.4, -0.2) is 74.0 Å². The minimum atomic E-state index is -1.24. The third kappa shape index (κ3) is 6.61. The summed E-state index contributed by atoms with van der Waals surface area (Å²) in [6, 6.07) is 25.1. The second kappa shape index (κ2) is 13.5. The maximum Gasteiger partial charge on any atom is 0.255 e. The summed E-state index contributed by atoms with van der Waals surface area (Å²) in [5.74, 6) is 1.67. The molecule has 8 heteroatoms. The van der Waals surface area contributed by atoms with Gasteiger partial charge in [0.15, 0.2) is 11.6 Å². The number of benzene rings is 3. The maximum absolute atomic E-state index is 14.5. The molecule has 0 aromatic heterocycles. The highest BCUT2D eigenvalue weighted by molar-refractivity contribution is 6.01. The summed E-state index contributed by atoms with van der Waals surface area (Å²) in [7, 11) is 1.62. The Morgan fingerprint density at radius 2 is 1.83 bits per heavy atom. The van der Waals surface area contributed by atoms with Gasteiger partial charge >= 0.3 is 0 Å². The van der Waals surface area contributed by atoms with Crippen molar-refractivity contribution in [1.82, 2.24) is 4.90 Å². The van der Waals surface area contributed by atoms with Gasteiger partial charge in [-0.05, 0) is 47.5 Å². The Labute approximate surface area is 240 Å². The van der Waals surface area contributed by atoms with Crippen molar-refractivity contribution >= 4 is 17.9 Å². The average Bonchev–Trinajstić information content (AvgIpc) is 3.43. The van der Waals surface area contributed by atoms with E-state index >= 15 is 0 Å². The lowest BCUT2D eigenvalue weighted by Crippen LogP contribution is -2.53. The van der Waals surface area contributed by atoms with E-state index in [0.717, 1.165) is 16.7 Å². The number of ether oxygens (including phenoxy) is 4. The number of morpholine rings is 1. The van der Waals surface area contributed by atoms with Crippen LogP contribution in [0.25, 0.3) is 6.08 Å². The number of hydrogen-bond acceptors (Lipinski definition) is 7. The highest BCUT2D eigenvalue weighted by atomic mass is 16.5. The van der Waals surface area contributed by atoms with Gasteiger partial charge in [0, 0.05) is 38.1 Å². The SMILES string of the molecule is COc1cccc([C@H]2OC(c3ccc(OCCCO)cc3)=N[C@@]2(C/C=C/c2ccccc2)C(=O)N2CCOCC2)c1. The molecule has 2 atom stereocenters. The predicted octanol–water partition coefficient (Wildman–Crippen LogP) is 4.68. The lowest BCUT2D eigenvalue weighted by Gasteiger charge is -2.36. The topological polar surface area (TPSA) is 89.8 Å². The maximum atomic E-state index is 14.5. The first kappa shape index (κ1) is 28.4. The monoisotopic (exact) mass is 556 g/mol. The lowest BCUT2D eigenvalue weighted by atomic mass is 9.83. The average molecular weight is 557 g/mol. The van der Waals surface area contributed by atoms with Crippen molar-refractivity contribution in [2.45, 2.75) is 24.5 Å². The molecule has 3 aromatic rings. The Morgan fingerprint density at radius 3 is 2.56 bits per heavy atom. The van der Waals surface area contributed by atoms with Crippen molar-refractivity contribution < 1.29 is 28.8 Å². The van der Waals surface area contributed by atoms with Crippen LogP contribution in [-0.2, 0) is 14.3 Å². The highest BCUT2D eigenvalue weighted by Crippen LogP contribution is 2.44. The molecule has 8 nitrogen and oxygen atoms in total. The number of amides is 1. The van der Waals surface area contributed by atoms with Gasteiger partial charge in [-0.15, -0.1) is 0 Å². The Bertz CT molecular complexity index is 1350. The number of aliphatic hydroxyl groups is 1. The summed E-state index contributed by atoms with van der Waals surface area (Å²) in [4.78, 5) is 21.4. The van der Waals surface area contributed by atoms with Crippen LogP contribution >= 0.6 is 0 Å². The van der Waals surface area contributed by atoms with E-state index < -0.39 is 11.6 Å². The van der Waals surface area contributed by atoms with E-state index in [2.05, 4.69) is 0 Å². The standard InChI is InChI=1S/C33H36N2O6/c1-38-29-12-5-11-27(24-29)30-33(32(37)35-18-22-39-23-19-35,17-6-10-25-8-3-2-4-9-25)34-31(41-30)26-13-15-28(16-14-26)40-21-7-20-36/h2-6,8-16,24,30,36H,7,17-23H2,1H3/b10-6+/t30-,33-/m1/s1. The summed E-state index contributed by atoms with van der Waals surface area (Å²) in [6.45, 7) is 2.47. The second-order valence-corrected chi connectivity index (χ2v) is 9.99. The first-order chi connectivity index (χ1) is 20.1. The van der Waals surface area contributed by atoms with Crippen LogP contribution in [0.3, 0.4) is 0 Å². The molecule has 1 N–H and O–H groups in total. The molecular weight excluding hydrogens is 520 g/mol. The minimum Gasteiger partial charge on any atom is -0.497 e. The first-order valence-corrected chi connectivity index (χ1v) is 14.0. The van der Waals surface area contributed by atoms with Crippen molar-refractivity contribution in [3.05, 3.63) is 102 Å². The summed E-state index contributed by atoms with van der Waals surface area (Å²) >= 11 is 0. The zero-order valence-corrected chi connectivity index (χ0v) is 23.3. The number of nitrogens with zero attached hydrogens (tertiary/aromatic N) is 2. The Morgan fingerprint density at radius 1 is 1.05 bits per heavy atom. The van der Waals surface area contributed by atoms with Crippen LogP contribution in [0.1, 0.15) is 35.6 Å². The fourth-order valence-corrected chi connectivity index (χ4v) is 5.08. The van der Waals surface area contributed by atoms with Crippen molar-refractivity contribution in [2.75, 3.05) is 46.6 Å². The van der Waals surface area contributed by atoms with Gasteiger partial charge in [-0.2, -0.15) is 0 Å². The molecule has 2 aliphatic rings. The molecule has 0 radical (unpaired) electrons. The van der Waals surface area contributed by atoms with E-state index in [1.165, 1.54) is 0 Å². The number of hydrogen-bond donors (Lipinski definition) is 1. The second-order valence-electron chi connectivity index (χ2n) is 9.99. The highest BCUT2D eigenvalue weighted by Gasteiger charge is 2.54. The molecule has 214 valence electrons. The molecule has 41 heavy (non-hydrogen) atoms. The quantitative estimate of drug-likeness (QED) is 0.345. The van der Waals surface area contributed by atoms with Crippen LogP contribution in [0.2, 0.25) is 0 Å². The van der Waals surface area contributed by atoms with E-state index in [1.54, 1.807) is 7.11 Å². The van der Waals surface area contributed by atoms with Crippen LogP contribution in [0.4, 0.5) is 0 Å². The summed E-state index contributed by atoms with van der Waals surface area (Å²) in [5, 5.41) is 9.04. The van der Waals surface area contributed by atoms with Gasteiger partial charge in [-0.25, -0.2) is 4.99 Å². The third-order valence-corrected chi connectivity index (χ3v) is 7.24. The number of carbonyl (C=O) groups excluding carboxylic acids is 1. The number of rotatable bonds is 11. The third-order valence-electron chi connectivity index (χ3n) is 7.24. The Kier molecular flexibility index (Phi) is 9.33. The van der Waals surface area contributed by atoms with Crippen LogP contribution in [0, 0.1) is 0 Å². The molecular formula is C33H36N2O6. The van der Waals surface area contributed by atoms with E-state index in [1.807, 2.05) is 95.9 Å². The number of methoxy groups -OCH3 is 1. The normalized spacial score (nSPS) is 20.5. The van der Waals surface area contributed by atoms with Gasteiger partial charge in [0.2, 0.25) is 5.90 Å². The minimum absolute atomic E-state index is 0.0758.